The smallest absolute Gasteiger partial charge is 0.0107 e. The van der Waals surface area contributed by atoms with Crippen LogP contribution in [0.15, 0.2) is 29.2 Å². The van der Waals surface area contributed by atoms with Crippen molar-refractivity contribution in [1.29, 1.82) is 0 Å². The lowest BCUT2D eigenvalue weighted by Crippen LogP contribution is -2.38. The molecule has 2 heteroatoms. The van der Waals surface area contributed by atoms with Gasteiger partial charge in [0.1, 0.15) is 0 Å². The molecular formula is C18H27NS. The second kappa shape index (κ2) is 5.73. The average molecular weight is 289 g/mol. The minimum Gasteiger partial charge on any atom is -0.314 e. The molecule has 0 bridgehead atoms. The number of benzene rings is 1. The van der Waals surface area contributed by atoms with Crippen LogP contribution in [0.4, 0.5) is 0 Å². The molecule has 0 spiro atoms. The van der Waals surface area contributed by atoms with Gasteiger partial charge < -0.3 is 5.32 Å². The zero-order chi connectivity index (χ0) is 14.2. The summed E-state index contributed by atoms with van der Waals surface area (Å²) in [4.78, 5) is 1.52. The molecular weight excluding hydrogens is 262 g/mol. The van der Waals surface area contributed by atoms with Gasteiger partial charge in [0.05, 0.1) is 0 Å². The Morgan fingerprint density at radius 2 is 2.05 bits per heavy atom. The third-order valence-corrected chi connectivity index (χ3v) is 6.24. The van der Waals surface area contributed by atoms with E-state index in [9.17, 15) is 0 Å². The number of fused-ring (bicyclic) bond motifs is 1. The summed E-state index contributed by atoms with van der Waals surface area (Å²) in [6.07, 6.45) is 4.23. The first-order chi connectivity index (χ1) is 9.58. The Kier molecular flexibility index (Phi) is 4.14. The first kappa shape index (κ1) is 14.5. The Morgan fingerprint density at radius 1 is 1.30 bits per heavy atom. The van der Waals surface area contributed by atoms with E-state index in [1.807, 2.05) is 0 Å². The second-order valence-electron chi connectivity index (χ2n) is 7.21. The predicted octanol–water partition coefficient (Wildman–Crippen LogP) is 4.68. The van der Waals surface area contributed by atoms with Crippen molar-refractivity contribution in [2.24, 2.45) is 11.3 Å². The van der Waals surface area contributed by atoms with Crippen LogP contribution in [0.2, 0.25) is 0 Å². The van der Waals surface area contributed by atoms with Crippen molar-refractivity contribution < 1.29 is 0 Å². The van der Waals surface area contributed by atoms with E-state index in [1.54, 1.807) is 5.56 Å². The van der Waals surface area contributed by atoms with Crippen LogP contribution in [0.25, 0.3) is 0 Å². The van der Waals surface area contributed by atoms with Crippen LogP contribution in [0.3, 0.4) is 0 Å². The van der Waals surface area contributed by atoms with E-state index < -0.39 is 0 Å². The molecule has 1 fully saturated rings. The molecule has 1 aromatic rings. The lowest BCUT2D eigenvalue weighted by Gasteiger charge is -2.34. The van der Waals surface area contributed by atoms with E-state index in [2.05, 4.69) is 62.1 Å². The summed E-state index contributed by atoms with van der Waals surface area (Å²) >= 11 is 2.05. The van der Waals surface area contributed by atoms with Crippen LogP contribution in [-0.2, 0) is 0 Å². The fourth-order valence-corrected chi connectivity index (χ4v) is 4.82. The highest BCUT2D eigenvalue weighted by molar-refractivity contribution is 7.99. The highest BCUT2D eigenvalue weighted by Crippen LogP contribution is 2.53. The maximum absolute atomic E-state index is 3.70. The van der Waals surface area contributed by atoms with Gasteiger partial charge >= 0.3 is 0 Å². The zero-order valence-corrected chi connectivity index (χ0v) is 13.8. The van der Waals surface area contributed by atoms with Crippen LogP contribution in [0.5, 0.6) is 0 Å². The zero-order valence-electron chi connectivity index (χ0n) is 13.0. The van der Waals surface area contributed by atoms with E-state index in [0.717, 1.165) is 11.8 Å². The molecule has 1 aliphatic heterocycles. The summed E-state index contributed by atoms with van der Waals surface area (Å²) in [6, 6.07) is 9.62. The normalized spacial score (nSPS) is 24.7. The van der Waals surface area contributed by atoms with E-state index in [-0.39, 0.29) is 0 Å². The van der Waals surface area contributed by atoms with Gasteiger partial charge in [-0.05, 0) is 48.1 Å². The van der Waals surface area contributed by atoms with Crippen LogP contribution in [-0.4, -0.2) is 18.3 Å². The molecule has 0 aromatic heterocycles. The van der Waals surface area contributed by atoms with Gasteiger partial charge in [-0.3, -0.25) is 0 Å². The molecule has 20 heavy (non-hydrogen) atoms. The minimum atomic E-state index is 0.479. The molecule has 1 heterocycles. The molecule has 2 unspecified atom stereocenters. The summed E-state index contributed by atoms with van der Waals surface area (Å²) in [5, 5.41) is 3.70. The van der Waals surface area contributed by atoms with Gasteiger partial charge in [0.25, 0.3) is 0 Å². The molecule has 0 radical (unpaired) electrons. The maximum atomic E-state index is 3.70. The molecule has 110 valence electrons. The summed E-state index contributed by atoms with van der Waals surface area (Å²) in [5.74, 6) is 2.99. The van der Waals surface area contributed by atoms with Crippen molar-refractivity contribution in [3.8, 4) is 0 Å². The minimum absolute atomic E-state index is 0.479. The van der Waals surface area contributed by atoms with Crippen LogP contribution < -0.4 is 5.32 Å². The molecule has 0 saturated heterocycles. The van der Waals surface area contributed by atoms with Crippen molar-refractivity contribution in [3.63, 3.8) is 0 Å². The van der Waals surface area contributed by atoms with Crippen molar-refractivity contribution in [1.82, 2.24) is 5.32 Å². The highest BCUT2D eigenvalue weighted by Gasteiger charge is 2.43. The van der Waals surface area contributed by atoms with Gasteiger partial charge in [0.15, 0.2) is 0 Å². The molecule has 2 atom stereocenters. The van der Waals surface area contributed by atoms with Crippen LogP contribution in [0, 0.1) is 11.3 Å². The molecule has 1 aliphatic carbocycles. The Hall–Kier alpha value is -0.470. The standard InChI is InChI=1S/C18H27NS/c1-13(2)19-12-18(3,15-8-9-15)10-14-11-20-17-7-5-4-6-16(14)17/h4-7,13-15,19H,8-12H2,1-3H3. The largest absolute Gasteiger partial charge is 0.314 e. The van der Waals surface area contributed by atoms with Gasteiger partial charge in [-0.2, -0.15) is 0 Å². The van der Waals surface area contributed by atoms with Crippen molar-refractivity contribution in [2.75, 3.05) is 12.3 Å². The van der Waals surface area contributed by atoms with Gasteiger partial charge in [0, 0.05) is 23.2 Å². The van der Waals surface area contributed by atoms with Gasteiger partial charge in [-0.25, -0.2) is 0 Å². The lowest BCUT2D eigenvalue weighted by atomic mass is 9.75. The number of hydrogen-bond donors (Lipinski definition) is 1. The fraction of sp³-hybridized carbons (Fsp3) is 0.667. The quantitative estimate of drug-likeness (QED) is 0.816. The number of nitrogens with one attached hydrogen (secondary N) is 1. The molecule has 1 saturated carbocycles. The second-order valence-corrected chi connectivity index (χ2v) is 8.28. The van der Waals surface area contributed by atoms with E-state index >= 15 is 0 Å². The van der Waals surface area contributed by atoms with E-state index in [0.29, 0.717) is 11.5 Å². The Morgan fingerprint density at radius 3 is 2.75 bits per heavy atom. The number of hydrogen-bond acceptors (Lipinski definition) is 2. The summed E-state index contributed by atoms with van der Waals surface area (Å²) in [6.45, 7) is 8.21. The molecule has 2 aliphatic rings. The highest BCUT2D eigenvalue weighted by atomic mass is 32.2. The molecule has 0 amide bonds. The molecule has 3 rings (SSSR count). The maximum Gasteiger partial charge on any atom is 0.0107 e. The summed E-state index contributed by atoms with van der Waals surface area (Å²) < 4.78 is 0. The fourth-order valence-electron chi connectivity index (χ4n) is 3.56. The molecule has 1 N–H and O–H groups in total. The van der Waals surface area contributed by atoms with Crippen LogP contribution >= 0.6 is 11.8 Å². The first-order valence-corrected chi connectivity index (χ1v) is 9.02. The Balaban J connectivity index is 1.71. The van der Waals surface area contributed by atoms with Gasteiger partial charge in [-0.15, -0.1) is 11.8 Å². The van der Waals surface area contributed by atoms with Crippen molar-refractivity contribution >= 4 is 11.8 Å². The predicted molar refractivity (Wildman–Crippen MR) is 88.5 cm³/mol. The molecule has 1 aromatic carbocycles. The van der Waals surface area contributed by atoms with Crippen LogP contribution in [0.1, 0.15) is 51.5 Å². The molecule has 1 nitrogen and oxygen atoms in total. The third kappa shape index (κ3) is 3.07. The SMILES string of the molecule is CC(C)NCC(C)(CC1CSc2ccccc21)C1CC1. The van der Waals surface area contributed by atoms with Crippen molar-refractivity contribution in [3.05, 3.63) is 29.8 Å². The Labute approximate surface area is 127 Å². The topological polar surface area (TPSA) is 12.0 Å². The summed E-state index contributed by atoms with van der Waals surface area (Å²) in [7, 11) is 0. The monoisotopic (exact) mass is 289 g/mol. The number of rotatable bonds is 6. The Bertz CT molecular complexity index is 466. The average Bonchev–Trinajstić information content (AvgIpc) is 3.22. The van der Waals surface area contributed by atoms with Gasteiger partial charge in [0.2, 0.25) is 0 Å². The number of thioether (sulfide) groups is 1. The first-order valence-electron chi connectivity index (χ1n) is 8.03. The lowest BCUT2D eigenvalue weighted by molar-refractivity contribution is 0.217. The van der Waals surface area contributed by atoms with Crippen molar-refractivity contribution in [2.45, 2.75) is 56.9 Å². The summed E-state index contributed by atoms with van der Waals surface area (Å²) in [5.41, 5.74) is 2.08. The van der Waals surface area contributed by atoms with E-state index in [1.165, 1.54) is 36.5 Å². The third-order valence-electron chi connectivity index (χ3n) is 4.99. The van der Waals surface area contributed by atoms with Gasteiger partial charge in [-0.1, -0.05) is 39.0 Å². The van der Waals surface area contributed by atoms with E-state index in [4.69, 9.17) is 0 Å².